The molecule has 1 fully saturated rings. The van der Waals surface area contributed by atoms with Gasteiger partial charge in [-0.25, -0.2) is 0 Å². The van der Waals surface area contributed by atoms with Gasteiger partial charge in [-0.1, -0.05) is 6.07 Å². The number of hydrogen-bond acceptors (Lipinski definition) is 4. The van der Waals surface area contributed by atoms with Crippen LogP contribution in [-0.4, -0.2) is 45.8 Å². The molecular formula is C22H22N4O3. The number of nitrogens with one attached hydrogen (secondary N) is 1. The normalized spacial score (nSPS) is 20.2. The molecule has 1 aromatic carbocycles. The standard InChI is InChI=1S/C22H22N4O3/c1-29-17-7-5-15(6-8-17)21-18(10-23-24-21)22(28)25-11-14-9-16(13-25)19-3-2-4-20(27)26(19)12-14/h2-8,10,14,16H,9,11-13H2,1H3,(H,23,24)/t14-,16+/m0/s1. The third-order valence-electron chi connectivity index (χ3n) is 6.02. The van der Waals surface area contributed by atoms with Crippen LogP contribution >= 0.6 is 0 Å². The van der Waals surface area contributed by atoms with E-state index in [4.69, 9.17) is 4.74 Å². The number of likely N-dealkylation sites (tertiary alicyclic amines) is 1. The molecule has 2 aromatic heterocycles. The molecule has 3 aromatic rings. The molecule has 29 heavy (non-hydrogen) atoms. The average molecular weight is 390 g/mol. The van der Waals surface area contributed by atoms with Crippen LogP contribution in [0.5, 0.6) is 5.75 Å². The number of piperidine rings is 1. The second-order valence-electron chi connectivity index (χ2n) is 7.80. The van der Waals surface area contributed by atoms with Gasteiger partial charge in [-0.05, 0) is 42.7 Å². The van der Waals surface area contributed by atoms with Crippen LogP contribution < -0.4 is 10.3 Å². The van der Waals surface area contributed by atoms with Crippen LogP contribution in [0.25, 0.3) is 11.3 Å². The summed E-state index contributed by atoms with van der Waals surface area (Å²) in [7, 11) is 1.62. The smallest absolute Gasteiger partial charge is 0.257 e. The second kappa shape index (κ2) is 6.92. The molecule has 0 spiro atoms. The van der Waals surface area contributed by atoms with Crippen LogP contribution in [-0.2, 0) is 6.54 Å². The van der Waals surface area contributed by atoms with E-state index in [0.717, 1.165) is 23.4 Å². The first kappa shape index (κ1) is 17.7. The Morgan fingerprint density at radius 2 is 1.97 bits per heavy atom. The molecule has 4 heterocycles. The highest BCUT2D eigenvalue weighted by molar-refractivity contribution is 5.99. The number of rotatable bonds is 3. The fourth-order valence-corrected chi connectivity index (χ4v) is 4.66. The highest BCUT2D eigenvalue weighted by Gasteiger charge is 2.37. The first-order chi connectivity index (χ1) is 14.1. The quantitative estimate of drug-likeness (QED) is 0.745. The summed E-state index contributed by atoms with van der Waals surface area (Å²) in [6.07, 6.45) is 2.62. The Labute approximate surface area is 167 Å². The molecule has 0 radical (unpaired) electrons. The van der Waals surface area contributed by atoms with Gasteiger partial charge in [-0.15, -0.1) is 0 Å². The molecule has 148 valence electrons. The summed E-state index contributed by atoms with van der Waals surface area (Å²) in [6.45, 7) is 1.95. The molecule has 7 heteroatoms. The summed E-state index contributed by atoms with van der Waals surface area (Å²) in [4.78, 5) is 27.5. The maximum Gasteiger partial charge on any atom is 0.257 e. The second-order valence-corrected chi connectivity index (χ2v) is 7.80. The molecule has 1 amide bonds. The number of hydrogen-bond donors (Lipinski definition) is 1. The number of H-pyrrole nitrogens is 1. The SMILES string of the molecule is COc1ccc(-c2[nH]ncc2C(=O)N2C[C@@H]3C[C@H](C2)c2cccc(=O)n2C3)cc1. The van der Waals surface area contributed by atoms with Crippen molar-refractivity contribution in [3.63, 3.8) is 0 Å². The van der Waals surface area contributed by atoms with Crippen molar-refractivity contribution in [3.8, 4) is 17.0 Å². The number of fused-ring (bicyclic) bond motifs is 4. The number of aromatic amines is 1. The van der Waals surface area contributed by atoms with Crippen molar-refractivity contribution in [1.29, 1.82) is 0 Å². The molecule has 2 atom stereocenters. The van der Waals surface area contributed by atoms with E-state index in [9.17, 15) is 9.59 Å². The minimum absolute atomic E-state index is 0.0222. The lowest BCUT2D eigenvalue weighted by molar-refractivity contribution is 0.0595. The fourth-order valence-electron chi connectivity index (χ4n) is 4.66. The van der Waals surface area contributed by atoms with Gasteiger partial charge >= 0.3 is 0 Å². The Hall–Kier alpha value is -3.35. The Morgan fingerprint density at radius 1 is 1.14 bits per heavy atom. The topological polar surface area (TPSA) is 80.2 Å². The summed E-state index contributed by atoms with van der Waals surface area (Å²) >= 11 is 0. The third kappa shape index (κ3) is 3.03. The van der Waals surface area contributed by atoms with Gasteiger partial charge < -0.3 is 14.2 Å². The Balaban J connectivity index is 1.43. The van der Waals surface area contributed by atoms with Crippen LogP contribution in [0.3, 0.4) is 0 Å². The van der Waals surface area contributed by atoms with E-state index in [1.165, 1.54) is 0 Å². The number of carbonyl (C=O) groups excluding carboxylic acids is 1. The van der Waals surface area contributed by atoms with Gasteiger partial charge in [0, 0.05) is 42.9 Å². The van der Waals surface area contributed by atoms with E-state index in [0.29, 0.717) is 36.8 Å². The predicted octanol–water partition coefficient (Wildman–Crippen LogP) is 2.51. The van der Waals surface area contributed by atoms with Gasteiger partial charge in [-0.3, -0.25) is 14.7 Å². The molecule has 1 N–H and O–H groups in total. The van der Waals surface area contributed by atoms with Gasteiger partial charge in [0.25, 0.3) is 11.5 Å². The summed E-state index contributed by atoms with van der Waals surface area (Å²) in [5.74, 6) is 1.23. The van der Waals surface area contributed by atoms with Gasteiger partial charge in [0.05, 0.1) is 24.6 Å². The molecule has 0 unspecified atom stereocenters. The van der Waals surface area contributed by atoms with Crippen molar-refractivity contribution in [2.75, 3.05) is 20.2 Å². The summed E-state index contributed by atoms with van der Waals surface area (Å²) in [5.41, 5.74) is 3.26. The van der Waals surface area contributed by atoms with E-state index >= 15 is 0 Å². The first-order valence-electron chi connectivity index (χ1n) is 9.81. The van der Waals surface area contributed by atoms with Gasteiger partial charge in [0.2, 0.25) is 0 Å². The molecule has 2 bridgehead atoms. The van der Waals surface area contributed by atoms with Crippen LogP contribution in [0.4, 0.5) is 0 Å². The third-order valence-corrected chi connectivity index (χ3v) is 6.02. The van der Waals surface area contributed by atoms with Crippen molar-refractivity contribution in [3.05, 3.63) is 70.3 Å². The zero-order valence-electron chi connectivity index (χ0n) is 16.2. The molecule has 2 aliphatic rings. The zero-order chi connectivity index (χ0) is 20.0. The number of nitrogens with zero attached hydrogens (tertiary/aromatic N) is 3. The van der Waals surface area contributed by atoms with E-state index in [1.807, 2.05) is 45.9 Å². The number of methoxy groups -OCH3 is 1. The lowest BCUT2D eigenvalue weighted by atomic mass is 9.83. The Bertz CT molecular complexity index is 1120. The lowest BCUT2D eigenvalue weighted by Crippen LogP contribution is -2.49. The van der Waals surface area contributed by atoms with Crippen molar-refractivity contribution >= 4 is 5.91 Å². The Kier molecular flexibility index (Phi) is 4.23. The summed E-state index contributed by atoms with van der Waals surface area (Å²) < 4.78 is 7.09. The van der Waals surface area contributed by atoms with Crippen molar-refractivity contribution in [2.45, 2.75) is 18.9 Å². The molecule has 1 saturated heterocycles. The van der Waals surface area contributed by atoms with E-state index in [-0.39, 0.29) is 17.4 Å². The van der Waals surface area contributed by atoms with Crippen molar-refractivity contribution < 1.29 is 9.53 Å². The largest absolute Gasteiger partial charge is 0.497 e. The van der Waals surface area contributed by atoms with E-state index < -0.39 is 0 Å². The highest BCUT2D eigenvalue weighted by Crippen LogP contribution is 2.36. The van der Waals surface area contributed by atoms with Gasteiger partial charge in [0.15, 0.2) is 0 Å². The molecule has 7 nitrogen and oxygen atoms in total. The fraction of sp³-hybridized carbons (Fsp3) is 0.318. The maximum absolute atomic E-state index is 13.4. The lowest BCUT2D eigenvalue weighted by Gasteiger charge is -2.42. The number of pyridine rings is 1. The van der Waals surface area contributed by atoms with Crippen molar-refractivity contribution in [1.82, 2.24) is 19.7 Å². The minimum atomic E-state index is -0.0222. The first-order valence-corrected chi connectivity index (χ1v) is 9.81. The van der Waals surface area contributed by atoms with E-state index in [2.05, 4.69) is 10.2 Å². The maximum atomic E-state index is 13.4. The Morgan fingerprint density at radius 3 is 2.76 bits per heavy atom. The molecule has 2 aliphatic heterocycles. The molecule has 0 aliphatic carbocycles. The number of amides is 1. The average Bonchev–Trinajstić information content (AvgIpc) is 3.24. The van der Waals surface area contributed by atoms with Crippen LogP contribution in [0.1, 0.15) is 28.4 Å². The number of benzene rings is 1. The number of ether oxygens (including phenoxy) is 1. The zero-order valence-corrected chi connectivity index (χ0v) is 16.2. The van der Waals surface area contributed by atoms with Crippen molar-refractivity contribution in [2.24, 2.45) is 5.92 Å². The predicted molar refractivity (Wildman–Crippen MR) is 108 cm³/mol. The minimum Gasteiger partial charge on any atom is -0.497 e. The van der Waals surface area contributed by atoms with E-state index in [1.54, 1.807) is 19.4 Å². The van der Waals surface area contributed by atoms with Gasteiger partial charge in [-0.2, -0.15) is 5.10 Å². The highest BCUT2D eigenvalue weighted by atomic mass is 16.5. The monoisotopic (exact) mass is 390 g/mol. The molecule has 5 rings (SSSR count). The van der Waals surface area contributed by atoms with Gasteiger partial charge in [0.1, 0.15) is 5.75 Å². The summed E-state index contributed by atoms with van der Waals surface area (Å²) in [6, 6.07) is 13.0. The van der Waals surface area contributed by atoms with Crippen LogP contribution in [0.2, 0.25) is 0 Å². The summed E-state index contributed by atoms with van der Waals surface area (Å²) in [5, 5.41) is 7.10. The molecule has 0 saturated carbocycles. The number of carbonyl (C=O) groups is 1. The molecular weight excluding hydrogens is 368 g/mol. The van der Waals surface area contributed by atoms with Crippen LogP contribution in [0, 0.1) is 5.92 Å². The number of aromatic nitrogens is 3. The van der Waals surface area contributed by atoms with Crippen LogP contribution in [0.15, 0.2) is 53.5 Å².